The van der Waals surface area contributed by atoms with Crippen LogP contribution in [-0.4, -0.2) is 155 Å². The van der Waals surface area contributed by atoms with Crippen LogP contribution in [0.1, 0.15) is 61.0 Å². The summed E-state index contributed by atoms with van der Waals surface area (Å²) >= 11 is 0. The Bertz CT molecular complexity index is 2930. The van der Waals surface area contributed by atoms with Crippen molar-refractivity contribution in [2.24, 2.45) is 5.92 Å². The van der Waals surface area contributed by atoms with Crippen LogP contribution in [0.5, 0.6) is 5.75 Å². The Labute approximate surface area is 458 Å². The molecule has 2 fully saturated rings. The number of hydrogen-bond acceptors (Lipinski definition) is 14. The molecular formula is C57H65F6N9O8. The van der Waals surface area contributed by atoms with E-state index in [0.29, 0.717) is 54.8 Å². The molecule has 7 heterocycles. The number of β-amino-alcohol motifs (C(OH)–C–C–N with tert-alkyl or cyclic N) is 1. The fraction of sp³-hybridized carbons (Fsp3) is 0.421. The standard InChI is InChI=1S/C39H44F3N5O6.C18H21F3N4O2/c1-25(33-11-12-34(53-33)27-13-15-43-16-14-27)46-17-18-47(31(22-46)38(51)44-24-39(40,41)42)21-29(48)20-28(19-26-7-3-2-4-8-26)37(50)45-36-30-9-5-6-10-35(30)52-23-32(36)49;1-12(15-2-3-16(27-15)13-4-6-22-7-5-13)25-9-8-23-14(10-25)17(26)24-11-18(19,20)21/h2-16,25,28-29,31-32,36,48-49H,17-24H2,1H3,(H,44,51)(H,45,50);2-7,12,14,23H,8-11H2,1H3,(H,24,26)/t25?,28-,29+,31+,32-,36+;12?,14-/m10/s1. The molecule has 2 saturated heterocycles. The fourth-order valence-electron chi connectivity index (χ4n) is 10.1. The topological polar surface area (TPSA) is 211 Å². The number of piperazine rings is 2. The van der Waals surface area contributed by atoms with E-state index in [0.717, 1.165) is 22.5 Å². The number of nitrogens with zero attached hydrogens (tertiary/aromatic N) is 5. The molecule has 6 aromatic rings. The average Bonchev–Trinajstić information content (AvgIpc) is 4.19. The zero-order chi connectivity index (χ0) is 57.0. The van der Waals surface area contributed by atoms with Gasteiger partial charge in [-0.2, -0.15) is 26.3 Å². The molecule has 17 nitrogen and oxygen atoms in total. The van der Waals surface area contributed by atoms with Crippen LogP contribution in [0.25, 0.3) is 22.6 Å². The third kappa shape index (κ3) is 16.3. The van der Waals surface area contributed by atoms with Gasteiger partial charge in [-0.3, -0.25) is 39.1 Å². The van der Waals surface area contributed by atoms with Crippen molar-refractivity contribution >= 4 is 17.7 Å². The highest BCUT2D eigenvalue weighted by molar-refractivity contribution is 5.83. The Morgan fingerprint density at radius 1 is 0.713 bits per heavy atom. The number of aliphatic hydroxyl groups excluding tert-OH is 2. The zero-order valence-electron chi connectivity index (χ0n) is 44.1. The highest BCUT2D eigenvalue weighted by Gasteiger charge is 2.40. The number of furan rings is 2. The molecule has 80 heavy (non-hydrogen) atoms. The lowest BCUT2D eigenvalue weighted by molar-refractivity contribution is -0.144. The molecule has 0 spiro atoms. The maximum Gasteiger partial charge on any atom is 0.405 e. The first-order valence-corrected chi connectivity index (χ1v) is 26.4. The number of pyridine rings is 2. The molecule has 3 amide bonds. The van der Waals surface area contributed by atoms with Gasteiger partial charge >= 0.3 is 12.4 Å². The van der Waals surface area contributed by atoms with Gasteiger partial charge in [-0.05, 0) is 86.8 Å². The highest BCUT2D eigenvalue weighted by Crippen LogP contribution is 2.34. The van der Waals surface area contributed by atoms with Crippen LogP contribution in [0.3, 0.4) is 0 Å². The van der Waals surface area contributed by atoms with Crippen LogP contribution < -0.4 is 26.0 Å². The molecule has 0 aliphatic carbocycles. The van der Waals surface area contributed by atoms with Gasteiger partial charge in [0.2, 0.25) is 17.7 Å². The SMILES string of the molecule is CC(c1ccc(-c2ccncc2)o1)N1CCN(C[C@@H](O)C[C@@H](Cc2ccccc2)C(=O)N[C@H]2c3ccccc3OC[C@H]2O)[C@H](C(=O)NCC(F)(F)F)C1.CC(c1ccc(-c2ccncc2)o1)N1CCN[C@H](C(=O)NCC(F)(F)F)C1. The van der Waals surface area contributed by atoms with Crippen LogP contribution in [0.15, 0.2) is 137 Å². The molecule has 3 aliphatic rings. The normalized spacial score (nSPS) is 20.6. The lowest BCUT2D eigenvalue weighted by atomic mass is 9.90. The minimum absolute atomic E-state index is 0.000620. The van der Waals surface area contributed by atoms with Crippen LogP contribution in [-0.2, 0) is 20.8 Å². The molecule has 0 bridgehead atoms. The molecule has 3 aliphatic heterocycles. The van der Waals surface area contributed by atoms with Gasteiger partial charge < -0.3 is 45.1 Å². The molecule has 8 atom stereocenters. The maximum absolute atomic E-state index is 13.9. The summed E-state index contributed by atoms with van der Waals surface area (Å²) in [5.41, 5.74) is 3.26. The van der Waals surface area contributed by atoms with Crippen molar-refractivity contribution in [3.63, 3.8) is 0 Å². The predicted molar refractivity (Wildman–Crippen MR) is 282 cm³/mol. The van der Waals surface area contributed by atoms with Gasteiger partial charge in [-0.1, -0.05) is 48.5 Å². The molecular weight excluding hydrogens is 1050 g/mol. The van der Waals surface area contributed by atoms with Crippen LogP contribution >= 0.6 is 0 Å². The van der Waals surface area contributed by atoms with Gasteiger partial charge in [0.05, 0.1) is 30.3 Å². The van der Waals surface area contributed by atoms with Crippen LogP contribution in [0, 0.1) is 5.92 Å². The monoisotopic (exact) mass is 1120 g/mol. The molecule has 4 aromatic heterocycles. The Balaban J connectivity index is 0.000000261. The Hall–Kier alpha value is -7.15. The molecule has 0 saturated carbocycles. The second kappa shape index (κ2) is 26.9. The van der Waals surface area contributed by atoms with E-state index in [-0.39, 0.29) is 57.1 Å². The highest BCUT2D eigenvalue weighted by atomic mass is 19.4. The van der Waals surface area contributed by atoms with Crippen molar-refractivity contribution in [1.82, 2.24) is 45.9 Å². The summed E-state index contributed by atoms with van der Waals surface area (Å²) in [6, 6.07) is 28.4. The number of alkyl halides is 6. The summed E-state index contributed by atoms with van der Waals surface area (Å²) in [6.45, 7) is 3.26. The van der Waals surface area contributed by atoms with Crippen molar-refractivity contribution in [1.29, 1.82) is 0 Å². The van der Waals surface area contributed by atoms with Gasteiger partial charge in [0.15, 0.2) is 0 Å². The van der Waals surface area contributed by atoms with Gasteiger partial charge in [0.1, 0.15) is 60.6 Å². The number of amides is 3. The smallest absolute Gasteiger partial charge is 0.405 e. The van der Waals surface area contributed by atoms with Gasteiger partial charge in [-0.15, -0.1) is 0 Å². The van der Waals surface area contributed by atoms with Gasteiger partial charge in [0, 0.05) is 93.2 Å². The Morgan fingerprint density at radius 2 is 1.27 bits per heavy atom. The predicted octanol–water partition coefficient (Wildman–Crippen LogP) is 6.64. The third-order valence-electron chi connectivity index (χ3n) is 14.4. The zero-order valence-corrected chi connectivity index (χ0v) is 44.1. The lowest BCUT2D eigenvalue weighted by Crippen LogP contribution is -2.61. The summed E-state index contributed by atoms with van der Waals surface area (Å²) in [6.07, 6.45) is -4.16. The first-order chi connectivity index (χ1) is 38.3. The van der Waals surface area contributed by atoms with Crippen molar-refractivity contribution in [3.05, 3.63) is 151 Å². The number of para-hydroxylation sites is 1. The number of benzene rings is 2. The van der Waals surface area contributed by atoms with E-state index in [1.54, 1.807) is 54.0 Å². The summed E-state index contributed by atoms with van der Waals surface area (Å²) in [5, 5.41) is 32.2. The van der Waals surface area contributed by atoms with Crippen LogP contribution in [0.4, 0.5) is 26.3 Å². The van der Waals surface area contributed by atoms with Crippen molar-refractivity contribution in [2.75, 3.05) is 65.5 Å². The summed E-state index contributed by atoms with van der Waals surface area (Å²) < 4.78 is 94.1. The minimum Gasteiger partial charge on any atom is -0.490 e. The third-order valence-corrected chi connectivity index (χ3v) is 14.4. The van der Waals surface area contributed by atoms with Crippen molar-refractivity contribution in [2.45, 2.75) is 81.5 Å². The van der Waals surface area contributed by atoms with E-state index < -0.39 is 73.5 Å². The number of hydrogen-bond donors (Lipinski definition) is 6. The molecule has 9 rings (SSSR count). The van der Waals surface area contributed by atoms with E-state index in [9.17, 15) is 50.9 Å². The molecule has 0 radical (unpaired) electrons. The number of halogens is 6. The number of rotatable bonds is 18. The second-order valence-electron chi connectivity index (χ2n) is 20.1. The molecule has 6 N–H and O–H groups in total. The van der Waals surface area contributed by atoms with Crippen LogP contribution in [0.2, 0.25) is 0 Å². The van der Waals surface area contributed by atoms with E-state index in [1.165, 1.54) is 0 Å². The number of carbonyl (C=O) groups excluding carboxylic acids is 3. The minimum atomic E-state index is -4.60. The van der Waals surface area contributed by atoms with E-state index in [2.05, 4.69) is 20.6 Å². The van der Waals surface area contributed by atoms with Gasteiger partial charge in [-0.25, -0.2) is 0 Å². The van der Waals surface area contributed by atoms with E-state index >= 15 is 0 Å². The second-order valence-corrected chi connectivity index (χ2v) is 20.1. The number of nitrogens with one attached hydrogen (secondary N) is 4. The first-order valence-electron chi connectivity index (χ1n) is 26.4. The Morgan fingerprint density at radius 3 is 1.88 bits per heavy atom. The molecule has 2 aromatic carbocycles. The fourth-order valence-corrected chi connectivity index (χ4v) is 10.1. The van der Waals surface area contributed by atoms with E-state index in [4.69, 9.17) is 13.6 Å². The largest absolute Gasteiger partial charge is 0.490 e. The van der Waals surface area contributed by atoms with Gasteiger partial charge in [0.25, 0.3) is 0 Å². The number of carbonyl (C=O) groups is 3. The summed E-state index contributed by atoms with van der Waals surface area (Å²) in [7, 11) is 0. The Kier molecular flexibility index (Phi) is 19.8. The molecule has 428 valence electrons. The number of fused-ring (bicyclic) bond motifs is 1. The quantitative estimate of drug-likeness (QED) is 0.0499. The van der Waals surface area contributed by atoms with Crippen molar-refractivity contribution < 1.29 is 64.5 Å². The lowest BCUT2D eigenvalue weighted by Gasteiger charge is -2.43. The first kappa shape index (κ1) is 59.0. The molecule has 23 heteroatoms. The number of aliphatic hydroxyl groups is 2. The maximum atomic E-state index is 13.9. The summed E-state index contributed by atoms with van der Waals surface area (Å²) in [5.74, 6) is 0.708. The van der Waals surface area contributed by atoms with Crippen molar-refractivity contribution in [3.8, 4) is 28.4 Å². The number of aromatic nitrogens is 2. The van der Waals surface area contributed by atoms with E-state index in [1.807, 2.05) is 113 Å². The molecule has 2 unspecified atom stereocenters. The summed E-state index contributed by atoms with van der Waals surface area (Å²) in [4.78, 5) is 53.0. The number of ether oxygens (including phenoxy) is 1. The average molecular weight is 1120 g/mol.